The molecule has 6 nitrogen and oxygen atoms in total. The Bertz CT molecular complexity index is 1070. The van der Waals surface area contributed by atoms with E-state index in [9.17, 15) is 14.9 Å². The van der Waals surface area contributed by atoms with Crippen molar-refractivity contribution in [1.29, 1.82) is 0 Å². The van der Waals surface area contributed by atoms with E-state index in [1.165, 1.54) is 38.2 Å². The minimum atomic E-state index is -0.404. The lowest BCUT2D eigenvalue weighted by molar-refractivity contribution is -0.384. The first-order valence-corrected chi connectivity index (χ1v) is 10.4. The summed E-state index contributed by atoms with van der Waals surface area (Å²) in [5.41, 5.74) is 1.73. The standard InChI is InChI=1S/C23H25N3O3/c27-23-24-22(18-11-7-4-8-12-18)20-15-19(26(28)29)13-14-21(20)25(23)16-17-9-5-2-1-3-6-10-17/h4,7-8,11-15,17H,1-3,5-6,9-10,16H2. The summed E-state index contributed by atoms with van der Waals surface area (Å²) in [7, 11) is 0. The third-order valence-corrected chi connectivity index (χ3v) is 5.89. The minimum Gasteiger partial charge on any atom is -0.292 e. The summed E-state index contributed by atoms with van der Waals surface area (Å²) in [4.78, 5) is 28.3. The molecular weight excluding hydrogens is 366 g/mol. The van der Waals surface area contributed by atoms with Gasteiger partial charge in [0, 0.05) is 29.6 Å². The maximum Gasteiger partial charge on any atom is 0.348 e. The van der Waals surface area contributed by atoms with Crippen molar-refractivity contribution in [2.45, 2.75) is 51.5 Å². The Balaban J connectivity index is 1.84. The maximum atomic E-state index is 13.0. The largest absolute Gasteiger partial charge is 0.348 e. The van der Waals surface area contributed by atoms with Gasteiger partial charge < -0.3 is 0 Å². The number of nitro benzene ring substituents is 1. The zero-order valence-electron chi connectivity index (χ0n) is 16.4. The van der Waals surface area contributed by atoms with Crippen LogP contribution >= 0.6 is 0 Å². The molecule has 0 amide bonds. The molecule has 0 unspecified atom stereocenters. The first-order valence-electron chi connectivity index (χ1n) is 10.4. The number of nitrogens with zero attached hydrogens (tertiary/aromatic N) is 3. The van der Waals surface area contributed by atoms with E-state index in [4.69, 9.17) is 0 Å². The fourth-order valence-electron chi connectivity index (χ4n) is 4.36. The summed E-state index contributed by atoms with van der Waals surface area (Å²) in [6, 6.07) is 14.1. The second-order valence-corrected chi connectivity index (χ2v) is 7.89. The zero-order valence-corrected chi connectivity index (χ0v) is 16.4. The van der Waals surface area contributed by atoms with E-state index in [1.54, 1.807) is 16.7 Å². The molecule has 3 aromatic rings. The van der Waals surface area contributed by atoms with Gasteiger partial charge in [-0.25, -0.2) is 4.79 Å². The summed E-state index contributed by atoms with van der Waals surface area (Å²) in [5, 5.41) is 12.0. The fourth-order valence-corrected chi connectivity index (χ4v) is 4.36. The average molecular weight is 391 g/mol. The molecule has 2 aromatic carbocycles. The zero-order chi connectivity index (χ0) is 20.2. The van der Waals surface area contributed by atoms with Crippen LogP contribution in [0.1, 0.15) is 44.9 Å². The van der Waals surface area contributed by atoms with Gasteiger partial charge in [-0.15, -0.1) is 0 Å². The molecule has 29 heavy (non-hydrogen) atoms. The van der Waals surface area contributed by atoms with Crippen molar-refractivity contribution in [3.05, 3.63) is 69.1 Å². The molecule has 1 fully saturated rings. The van der Waals surface area contributed by atoms with Gasteiger partial charge >= 0.3 is 5.69 Å². The SMILES string of the molecule is O=c1nc(-c2ccccc2)c2cc([N+](=O)[O-])ccc2n1CC1CCCCCCC1. The first kappa shape index (κ1) is 19.3. The molecule has 1 aromatic heterocycles. The smallest absolute Gasteiger partial charge is 0.292 e. The quantitative estimate of drug-likeness (QED) is 0.445. The topological polar surface area (TPSA) is 78.0 Å². The van der Waals surface area contributed by atoms with Crippen molar-refractivity contribution in [3.8, 4) is 11.3 Å². The van der Waals surface area contributed by atoms with Gasteiger partial charge in [0.2, 0.25) is 0 Å². The van der Waals surface area contributed by atoms with Crippen LogP contribution in [-0.2, 0) is 6.54 Å². The third-order valence-electron chi connectivity index (χ3n) is 5.89. The van der Waals surface area contributed by atoms with Crippen LogP contribution in [-0.4, -0.2) is 14.5 Å². The van der Waals surface area contributed by atoms with Gasteiger partial charge in [-0.05, 0) is 24.8 Å². The van der Waals surface area contributed by atoms with Crippen LogP contribution in [0.5, 0.6) is 0 Å². The maximum absolute atomic E-state index is 13.0. The molecule has 0 bridgehead atoms. The number of hydrogen-bond donors (Lipinski definition) is 0. The van der Waals surface area contributed by atoms with E-state index in [1.807, 2.05) is 30.3 Å². The molecule has 1 aliphatic carbocycles. The Kier molecular flexibility index (Phi) is 5.69. The lowest BCUT2D eigenvalue weighted by Gasteiger charge is -2.22. The number of rotatable bonds is 4. The van der Waals surface area contributed by atoms with Crippen molar-refractivity contribution >= 4 is 16.6 Å². The summed E-state index contributed by atoms with van der Waals surface area (Å²) >= 11 is 0. The number of aromatic nitrogens is 2. The van der Waals surface area contributed by atoms with Crippen molar-refractivity contribution in [1.82, 2.24) is 9.55 Å². The van der Waals surface area contributed by atoms with E-state index in [2.05, 4.69) is 4.98 Å². The molecule has 0 saturated heterocycles. The van der Waals surface area contributed by atoms with E-state index >= 15 is 0 Å². The Hall–Kier alpha value is -3.02. The first-order chi connectivity index (χ1) is 14.1. The van der Waals surface area contributed by atoms with Gasteiger partial charge in [-0.1, -0.05) is 62.4 Å². The van der Waals surface area contributed by atoms with Gasteiger partial charge in [0.25, 0.3) is 5.69 Å². The summed E-state index contributed by atoms with van der Waals surface area (Å²) in [6.45, 7) is 0.620. The second-order valence-electron chi connectivity index (χ2n) is 7.89. The van der Waals surface area contributed by atoms with E-state index in [0.29, 0.717) is 23.5 Å². The highest BCUT2D eigenvalue weighted by atomic mass is 16.6. The highest BCUT2D eigenvalue weighted by Gasteiger charge is 2.19. The molecule has 0 N–H and O–H groups in total. The van der Waals surface area contributed by atoms with Gasteiger partial charge in [0.15, 0.2) is 0 Å². The summed E-state index contributed by atoms with van der Waals surface area (Å²) in [5.74, 6) is 0.441. The fraction of sp³-hybridized carbons (Fsp3) is 0.391. The van der Waals surface area contributed by atoms with Crippen LogP contribution in [0.4, 0.5) is 5.69 Å². The summed E-state index contributed by atoms with van der Waals surface area (Å²) in [6.07, 6.45) is 8.42. The average Bonchev–Trinajstić information content (AvgIpc) is 2.71. The number of non-ortho nitro benzene ring substituents is 1. The predicted octanol–water partition coefficient (Wildman–Crippen LogP) is 5.33. The van der Waals surface area contributed by atoms with Crippen LogP contribution in [0.25, 0.3) is 22.2 Å². The Morgan fingerprint density at radius 1 is 1.00 bits per heavy atom. The van der Waals surface area contributed by atoms with Crippen molar-refractivity contribution < 1.29 is 4.92 Å². The molecule has 1 saturated carbocycles. The van der Waals surface area contributed by atoms with Gasteiger partial charge in [0.1, 0.15) is 0 Å². The molecule has 0 radical (unpaired) electrons. The normalized spacial score (nSPS) is 15.7. The Morgan fingerprint density at radius 2 is 1.69 bits per heavy atom. The Morgan fingerprint density at radius 3 is 2.38 bits per heavy atom. The van der Waals surface area contributed by atoms with Crippen LogP contribution < -0.4 is 5.69 Å². The highest BCUT2D eigenvalue weighted by molar-refractivity contribution is 5.93. The molecule has 0 spiro atoms. The van der Waals surface area contributed by atoms with Crippen molar-refractivity contribution in [3.63, 3.8) is 0 Å². The molecule has 6 heteroatoms. The highest BCUT2D eigenvalue weighted by Crippen LogP contribution is 2.30. The van der Waals surface area contributed by atoms with Crippen LogP contribution in [0.2, 0.25) is 0 Å². The number of fused-ring (bicyclic) bond motifs is 1. The molecular formula is C23H25N3O3. The van der Waals surface area contributed by atoms with E-state index in [0.717, 1.165) is 23.9 Å². The van der Waals surface area contributed by atoms with Crippen molar-refractivity contribution in [2.75, 3.05) is 0 Å². The molecule has 150 valence electrons. The molecule has 1 aliphatic rings. The van der Waals surface area contributed by atoms with Crippen LogP contribution in [0.15, 0.2) is 53.3 Å². The van der Waals surface area contributed by atoms with Gasteiger partial charge in [-0.2, -0.15) is 4.98 Å². The lowest BCUT2D eigenvalue weighted by atomic mass is 9.91. The Labute approximate surface area is 169 Å². The molecule has 0 atom stereocenters. The van der Waals surface area contributed by atoms with Crippen LogP contribution in [0.3, 0.4) is 0 Å². The number of benzene rings is 2. The van der Waals surface area contributed by atoms with E-state index < -0.39 is 4.92 Å². The third kappa shape index (κ3) is 4.21. The van der Waals surface area contributed by atoms with Crippen LogP contribution in [0, 0.1) is 16.0 Å². The predicted molar refractivity (Wildman–Crippen MR) is 114 cm³/mol. The van der Waals surface area contributed by atoms with E-state index in [-0.39, 0.29) is 11.4 Å². The minimum absolute atomic E-state index is 0.00707. The molecule has 4 rings (SSSR count). The monoisotopic (exact) mass is 391 g/mol. The number of hydrogen-bond acceptors (Lipinski definition) is 4. The summed E-state index contributed by atoms with van der Waals surface area (Å²) < 4.78 is 1.72. The number of nitro groups is 1. The molecule has 1 heterocycles. The second kappa shape index (κ2) is 8.55. The lowest BCUT2D eigenvalue weighted by Crippen LogP contribution is -2.27. The van der Waals surface area contributed by atoms with Gasteiger partial charge in [0.05, 0.1) is 16.1 Å². The van der Waals surface area contributed by atoms with Gasteiger partial charge in [-0.3, -0.25) is 14.7 Å². The molecule has 0 aliphatic heterocycles. The van der Waals surface area contributed by atoms with Crippen molar-refractivity contribution in [2.24, 2.45) is 5.92 Å².